The first-order valence-electron chi connectivity index (χ1n) is 6.22. The Hall–Kier alpha value is -1.14. The predicted molar refractivity (Wildman–Crippen MR) is 61.7 cm³/mol. The molecule has 1 aliphatic carbocycles. The molecule has 1 saturated carbocycles. The molecular formula is C12H20O6. The van der Waals surface area contributed by atoms with E-state index in [0.717, 1.165) is 0 Å². The average molecular weight is 260 g/mol. The van der Waals surface area contributed by atoms with Crippen LogP contribution in [-0.2, 0) is 9.59 Å². The summed E-state index contributed by atoms with van der Waals surface area (Å²) < 4.78 is 0. The average Bonchev–Trinajstić information content (AvgIpc) is 2.25. The van der Waals surface area contributed by atoms with E-state index in [4.69, 9.17) is 10.2 Å². The maximum absolute atomic E-state index is 11.0. The van der Waals surface area contributed by atoms with E-state index in [9.17, 15) is 19.8 Å². The van der Waals surface area contributed by atoms with E-state index < -0.39 is 23.6 Å². The van der Waals surface area contributed by atoms with Gasteiger partial charge in [-0.25, -0.2) is 0 Å². The minimum Gasteiger partial charge on any atom is -0.481 e. The molecule has 1 rings (SSSR count). The third-order valence-electron chi connectivity index (χ3n) is 3.67. The van der Waals surface area contributed by atoms with Gasteiger partial charge >= 0.3 is 11.9 Å². The van der Waals surface area contributed by atoms with Crippen LogP contribution < -0.4 is 0 Å². The zero-order valence-electron chi connectivity index (χ0n) is 10.2. The number of aliphatic hydroxyl groups is 2. The molecule has 6 nitrogen and oxygen atoms in total. The van der Waals surface area contributed by atoms with Crippen LogP contribution in [-0.4, -0.2) is 38.2 Å². The molecule has 0 saturated heterocycles. The molecule has 0 heterocycles. The molecular weight excluding hydrogens is 240 g/mol. The summed E-state index contributed by atoms with van der Waals surface area (Å²) in [6.45, 7) is 0. The molecule has 104 valence electrons. The van der Waals surface area contributed by atoms with Gasteiger partial charge in [0.1, 0.15) is 0 Å². The van der Waals surface area contributed by atoms with Crippen molar-refractivity contribution in [2.45, 2.75) is 50.7 Å². The van der Waals surface area contributed by atoms with Crippen molar-refractivity contribution in [3.8, 4) is 0 Å². The predicted octanol–water partition coefficient (Wildman–Crippen LogP) is 0.813. The number of carboxylic acid groups (broad SMARTS) is 2. The Morgan fingerprint density at radius 3 is 2.28 bits per heavy atom. The first-order chi connectivity index (χ1) is 8.33. The van der Waals surface area contributed by atoms with Crippen molar-refractivity contribution in [1.82, 2.24) is 0 Å². The van der Waals surface area contributed by atoms with Crippen LogP contribution in [0, 0.1) is 11.8 Å². The highest BCUT2D eigenvalue weighted by atomic mass is 16.5. The van der Waals surface area contributed by atoms with Crippen LogP contribution in [0.25, 0.3) is 0 Å². The van der Waals surface area contributed by atoms with Gasteiger partial charge in [0.25, 0.3) is 0 Å². The molecule has 6 heteroatoms. The Labute approximate surface area is 105 Å². The second-order valence-electron chi connectivity index (χ2n) is 5.01. The van der Waals surface area contributed by atoms with Crippen molar-refractivity contribution >= 4 is 11.9 Å². The smallest absolute Gasteiger partial charge is 0.306 e. The Bertz CT molecular complexity index is 312. The van der Waals surface area contributed by atoms with Crippen molar-refractivity contribution < 1.29 is 30.0 Å². The van der Waals surface area contributed by atoms with Gasteiger partial charge in [-0.05, 0) is 32.1 Å². The summed E-state index contributed by atoms with van der Waals surface area (Å²) in [4.78, 5) is 21.3. The first-order valence-corrected chi connectivity index (χ1v) is 6.22. The third-order valence-corrected chi connectivity index (χ3v) is 3.67. The third kappa shape index (κ3) is 4.27. The lowest BCUT2D eigenvalue weighted by Crippen LogP contribution is -2.47. The molecule has 0 aliphatic heterocycles. The van der Waals surface area contributed by atoms with E-state index in [1.54, 1.807) is 0 Å². The summed E-state index contributed by atoms with van der Waals surface area (Å²) in [5, 5.41) is 36.3. The van der Waals surface area contributed by atoms with E-state index in [1.807, 2.05) is 0 Å². The minimum atomic E-state index is -1.63. The summed E-state index contributed by atoms with van der Waals surface area (Å²) >= 11 is 0. The standard InChI is InChI=1S/C12H20O6/c13-10(14)3-1-2-8(11(15)16)4-5-9-6-7-12(9,17)18/h8-9,17-18H,1-7H2,(H,13,14)(H,15,16). The number of rotatable bonds is 8. The van der Waals surface area contributed by atoms with Crippen molar-refractivity contribution in [1.29, 1.82) is 0 Å². The van der Waals surface area contributed by atoms with Gasteiger partial charge in [0.15, 0.2) is 5.79 Å². The maximum Gasteiger partial charge on any atom is 0.306 e. The van der Waals surface area contributed by atoms with Gasteiger partial charge in [-0.1, -0.05) is 0 Å². The molecule has 0 amide bonds. The monoisotopic (exact) mass is 260 g/mol. The van der Waals surface area contributed by atoms with E-state index in [2.05, 4.69) is 0 Å². The van der Waals surface area contributed by atoms with Crippen molar-refractivity contribution in [2.24, 2.45) is 11.8 Å². The van der Waals surface area contributed by atoms with E-state index in [0.29, 0.717) is 38.5 Å². The van der Waals surface area contributed by atoms with Gasteiger partial charge < -0.3 is 20.4 Å². The largest absolute Gasteiger partial charge is 0.481 e. The minimum absolute atomic E-state index is 0.0306. The number of aliphatic carboxylic acids is 2. The van der Waals surface area contributed by atoms with Gasteiger partial charge in [0.2, 0.25) is 0 Å². The summed E-state index contributed by atoms with van der Waals surface area (Å²) in [7, 11) is 0. The number of hydrogen-bond donors (Lipinski definition) is 4. The molecule has 2 atom stereocenters. The number of hydrogen-bond acceptors (Lipinski definition) is 4. The summed E-state index contributed by atoms with van der Waals surface area (Å²) in [5.41, 5.74) is 0. The molecule has 0 aromatic rings. The molecule has 0 spiro atoms. The van der Waals surface area contributed by atoms with Crippen LogP contribution in [0.2, 0.25) is 0 Å². The first kappa shape index (κ1) is 14.9. The van der Waals surface area contributed by atoms with Crippen molar-refractivity contribution in [2.75, 3.05) is 0 Å². The lowest BCUT2D eigenvalue weighted by Gasteiger charge is -2.41. The lowest BCUT2D eigenvalue weighted by atomic mass is 9.74. The lowest BCUT2D eigenvalue weighted by molar-refractivity contribution is -0.255. The molecule has 4 N–H and O–H groups in total. The molecule has 18 heavy (non-hydrogen) atoms. The summed E-state index contributed by atoms with van der Waals surface area (Å²) in [6, 6.07) is 0. The van der Waals surface area contributed by atoms with E-state index in [1.165, 1.54) is 0 Å². The molecule has 1 aliphatic rings. The van der Waals surface area contributed by atoms with E-state index >= 15 is 0 Å². The van der Waals surface area contributed by atoms with Gasteiger partial charge in [0, 0.05) is 18.8 Å². The second kappa shape index (κ2) is 6.15. The van der Waals surface area contributed by atoms with Crippen LogP contribution in [0.3, 0.4) is 0 Å². The van der Waals surface area contributed by atoms with Crippen LogP contribution in [0.15, 0.2) is 0 Å². The SMILES string of the molecule is O=C(O)CCCC(CCC1CCC1(O)O)C(=O)O. The van der Waals surface area contributed by atoms with Gasteiger partial charge in [-0.3, -0.25) is 9.59 Å². The summed E-state index contributed by atoms with van der Waals surface area (Å²) in [5.74, 6) is -4.35. The molecule has 0 aromatic heterocycles. The quantitative estimate of drug-likeness (QED) is 0.480. The molecule has 0 bridgehead atoms. The second-order valence-corrected chi connectivity index (χ2v) is 5.01. The Morgan fingerprint density at radius 1 is 1.22 bits per heavy atom. The molecule has 1 fully saturated rings. The number of carbonyl (C=O) groups is 2. The highest BCUT2D eigenvalue weighted by Gasteiger charge is 2.43. The highest BCUT2D eigenvalue weighted by Crippen LogP contribution is 2.40. The van der Waals surface area contributed by atoms with Gasteiger partial charge in [-0.15, -0.1) is 0 Å². The molecule has 0 radical (unpaired) electrons. The van der Waals surface area contributed by atoms with Crippen molar-refractivity contribution in [3.05, 3.63) is 0 Å². The van der Waals surface area contributed by atoms with Gasteiger partial charge in [-0.2, -0.15) is 0 Å². The fourth-order valence-corrected chi connectivity index (χ4v) is 2.28. The van der Waals surface area contributed by atoms with Crippen LogP contribution in [0.5, 0.6) is 0 Å². The van der Waals surface area contributed by atoms with Crippen LogP contribution in [0.4, 0.5) is 0 Å². The number of carboxylic acids is 2. The normalized spacial score (nSPS) is 23.1. The fraction of sp³-hybridized carbons (Fsp3) is 0.833. The van der Waals surface area contributed by atoms with Crippen molar-refractivity contribution in [3.63, 3.8) is 0 Å². The molecule has 2 unspecified atom stereocenters. The fourth-order valence-electron chi connectivity index (χ4n) is 2.28. The Morgan fingerprint density at radius 2 is 1.89 bits per heavy atom. The maximum atomic E-state index is 11.0. The zero-order valence-corrected chi connectivity index (χ0v) is 10.2. The Kier molecular flexibility index (Phi) is 5.10. The zero-order chi connectivity index (χ0) is 13.8. The van der Waals surface area contributed by atoms with Crippen LogP contribution >= 0.6 is 0 Å². The molecule has 0 aromatic carbocycles. The van der Waals surface area contributed by atoms with E-state index in [-0.39, 0.29) is 12.3 Å². The van der Waals surface area contributed by atoms with Crippen LogP contribution in [0.1, 0.15) is 44.9 Å². The topological polar surface area (TPSA) is 115 Å². The Balaban J connectivity index is 2.30. The van der Waals surface area contributed by atoms with Gasteiger partial charge in [0.05, 0.1) is 5.92 Å². The summed E-state index contributed by atoms with van der Waals surface area (Å²) in [6.07, 6.45) is 2.48. The highest BCUT2D eigenvalue weighted by molar-refractivity contribution is 5.70.